The second-order valence-corrected chi connectivity index (χ2v) is 8.10. The van der Waals surface area contributed by atoms with Gasteiger partial charge in [0, 0.05) is 31.2 Å². The van der Waals surface area contributed by atoms with Gasteiger partial charge in [-0.25, -0.2) is 0 Å². The van der Waals surface area contributed by atoms with Crippen molar-refractivity contribution in [3.05, 3.63) is 64.7 Å². The van der Waals surface area contributed by atoms with Crippen LogP contribution in [0.25, 0.3) is 0 Å². The van der Waals surface area contributed by atoms with E-state index in [1.54, 1.807) is 0 Å². The van der Waals surface area contributed by atoms with Gasteiger partial charge in [-0.3, -0.25) is 9.69 Å². The third-order valence-corrected chi connectivity index (χ3v) is 5.96. The Bertz CT molecular complexity index is 867. The lowest BCUT2D eigenvalue weighted by Gasteiger charge is -2.31. The van der Waals surface area contributed by atoms with Crippen molar-refractivity contribution in [2.24, 2.45) is 0 Å². The number of rotatable bonds is 6. The van der Waals surface area contributed by atoms with Crippen LogP contribution in [0.15, 0.2) is 42.5 Å². The third kappa shape index (κ3) is 4.80. The molecule has 29 heavy (non-hydrogen) atoms. The first-order valence-electron chi connectivity index (χ1n) is 10.7. The van der Waals surface area contributed by atoms with Crippen LogP contribution in [0.5, 0.6) is 5.75 Å². The number of aliphatic hydroxyl groups is 1. The van der Waals surface area contributed by atoms with Gasteiger partial charge in [-0.1, -0.05) is 24.3 Å². The second-order valence-electron chi connectivity index (χ2n) is 8.10. The number of hydrogen-bond donors (Lipinski definition) is 2. The van der Waals surface area contributed by atoms with Crippen molar-refractivity contribution >= 4 is 5.91 Å². The summed E-state index contributed by atoms with van der Waals surface area (Å²) < 4.78 is 5.57. The fraction of sp³-hybridized carbons (Fsp3) is 0.458. The molecular formula is C24H30N2O3. The second kappa shape index (κ2) is 8.97. The minimum Gasteiger partial charge on any atom is -0.494 e. The summed E-state index contributed by atoms with van der Waals surface area (Å²) in [5.41, 5.74) is 4.52. The quantitative estimate of drug-likeness (QED) is 0.791. The van der Waals surface area contributed by atoms with Gasteiger partial charge in [0.2, 0.25) is 0 Å². The van der Waals surface area contributed by atoms with Crippen LogP contribution < -0.4 is 10.1 Å². The molecule has 1 unspecified atom stereocenters. The standard InChI is InChI=1S/C24H30N2O3/c1-2-29-22-9-10-23-18(13-22)7-8-20(25-24(23)28)14-21(27)16-26-12-11-17-5-3-4-6-19(17)15-26/h3-6,9-10,13,20-21,27H,2,7-8,11-12,14-16H2,1H3,(H,25,28)/t20?,21-/m1/s1. The molecule has 2 aromatic carbocycles. The first-order valence-corrected chi connectivity index (χ1v) is 10.7. The Labute approximate surface area is 172 Å². The van der Waals surface area contributed by atoms with Crippen molar-refractivity contribution in [3.63, 3.8) is 0 Å². The summed E-state index contributed by atoms with van der Waals surface area (Å²) in [5, 5.41) is 13.8. The molecule has 5 heteroatoms. The number of aryl methyl sites for hydroxylation is 1. The summed E-state index contributed by atoms with van der Waals surface area (Å²) in [6.45, 7) is 5.06. The van der Waals surface area contributed by atoms with Gasteiger partial charge >= 0.3 is 0 Å². The number of nitrogens with zero attached hydrogens (tertiary/aromatic N) is 1. The monoisotopic (exact) mass is 394 g/mol. The van der Waals surface area contributed by atoms with Crippen molar-refractivity contribution in [1.29, 1.82) is 0 Å². The van der Waals surface area contributed by atoms with Crippen LogP contribution in [0.3, 0.4) is 0 Å². The van der Waals surface area contributed by atoms with Crippen LogP contribution >= 0.6 is 0 Å². The minimum absolute atomic E-state index is 0.0162. The molecule has 0 bridgehead atoms. The minimum atomic E-state index is -0.453. The number of fused-ring (bicyclic) bond motifs is 2. The fourth-order valence-electron chi connectivity index (χ4n) is 4.51. The highest BCUT2D eigenvalue weighted by molar-refractivity contribution is 5.96. The average molecular weight is 395 g/mol. The lowest BCUT2D eigenvalue weighted by molar-refractivity contribution is 0.0812. The molecule has 2 atom stereocenters. The van der Waals surface area contributed by atoms with E-state index in [9.17, 15) is 9.90 Å². The van der Waals surface area contributed by atoms with Crippen molar-refractivity contribution < 1.29 is 14.6 Å². The highest BCUT2D eigenvalue weighted by atomic mass is 16.5. The van der Waals surface area contributed by atoms with Crippen molar-refractivity contribution in [2.75, 3.05) is 19.7 Å². The molecule has 0 aliphatic carbocycles. The fourth-order valence-corrected chi connectivity index (χ4v) is 4.51. The first kappa shape index (κ1) is 19.9. The van der Waals surface area contributed by atoms with Crippen LogP contribution in [0.4, 0.5) is 0 Å². The maximum Gasteiger partial charge on any atom is 0.251 e. The number of aliphatic hydroxyl groups excluding tert-OH is 1. The number of hydrogen-bond acceptors (Lipinski definition) is 4. The maximum absolute atomic E-state index is 12.6. The Kier molecular flexibility index (Phi) is 6.16. The first-order chi connectivity index (χ1) is 14.1. The van der Waals surface area contributed by atoms with E-state index in [4.69, 9.17) is 4.74 Å². The Morgan fingerprint density at radius 1 is 1.17 bits per heavy atom. The van der Waals surface area contributed by atoms with E-state index in [0.29, 0.717) is 19.6 Å². The number of nitrogens with one attached hydrogen (secondary N) is 1. The predicted octanol–water partition coefficient (Wildman–Crippen LogP) is 2.94. The van der Waals surface area contributed by atoms with E-state index in [-0.39, 0.29) is 11.9 Å². The summed E-state index contributed by atoms with van der Waals surface area (Å²) in [5.74, 6) is 0.757. The van der Waals surface area contributed by atoms with Crippen molar-refractivity contribution in [3.8, 4) is 5.75 Å². The zero-order valence-electron chi connectivity index (χ0n) is 17.1. The Hall–Kier alpha value is -2.37. The van der Waals surface area contributed by atoms with E-state index in [1.807, 2.05) is 25.1 Å². The molecule has 0 saturated heterocycles. The van der Waals surface area contributed by atoms with E-state index < -0.39 is 6.10 Å². The van der Waals surface area contributed by atoms with Crippen LogP contribution in [0, 0.1) is 0 Å². The summed E-state index contributed by atoms with van der Waals surface area (Å²) in [7, 11) is 0. The highest BCUT2D eigenvalue weighted by Crippen LogP contribution is 2.24. The summed E-state index contributed by atoms with van der Waals surface area (Å²) in [4.78, 5) is 15.0. The van der Waals surface area contributed by atoms with Crippen LogP contribution in [0.2, 0.25) is 0 Å². The molecule has 2 aliphatic rings. The number of β-amino-alcohol motifs (C(OH)–C–C–N with tert-alkyl or cyclic N) is 1. The molecule has 2 heterocycles. The van der Waals surface area contributed by atoms with Gasteiger partial charge in [-0.05, 0) is 67.5 Å². The molecule has 0 fully saturated rings. The molecule has 2 N–H and O–H groups in total. The molecule has 0 saturated carbocycles. The summed E-state index contributed by atoms with van der Waals surface area (Å²) in [6, 6.07) is 14.2. The van der Waals surface area contributed by atoms with Gasteiger partial charge in [0.05, 0.1) is 12.7 Å². The molecular weight excluding hydrogens is 364 g/mol. The number of benzene rings is 2. The van der Waals surface area contributed by atoms with E-state index in [2.05, 4.69) is 34.5 Å². The molecule has 2 aromatic rings. The smallest absolute Gasteiger partial charge is 0.251 e. The zero-order valence-corrected chi connectivity index (χ0v) is 17.1. The Morgan fingerprint density at radius 2 is 2.00 bits per heavy atom. The van der Waals surface area contributed by atoms with E-state index in [0.717, 1.165) is 49.2 Å². The van der Waals surface area contributed by atoms with Gasteiger partial charge in [-0.2, -0.15) is 0 Å². The number of ether oxygens (including phenoxy) is 1. The lowest BCUT2D eigenvalue weighted by Crippen LogP contribution is -2.41. The van der Waals surface area contributed by atoms with E-state index >= 15 is 0 Å². The van der Waals surface area contributed by atoms with Crippen molar-refractivity contribution in [1.82, 2.24) is 10.2 Å². The van der Waals surface area contributed by atoms with Gasteiger partial charge in [0.25, 0.3) is 5.91 Å². The van der Waals surface area contributed by atoms with Gasteiger partial charge < -0.3 is 15.2 Å². The molecule has 0 aromatic heterocycles. The molecule has 0 radical (unpaired) electrons. The maximum atomic E-state index is 12.6. The summed E-state index contributed by atoms with van der Waals surface area (Å²) in [6.07, 6.45) is 2.79. The SMILES string of the molecule is CCOc1ccc2c(c1)CCC(C[C@@H](O)CN1CCc3ccccc3C1)NC2=O. The van der Waals surface area contributed by atoms with Gasteiger partial charge in [0.15, 0.2) is 0 Å². The van der Waals surface area contributed by atoms with Gasteiger partial charge in [-0.15, -0.1) is 0 Å². The average Bonchev–Trinajstić information content (AvgIpc) is 2.86. The van der Waals surface area contributed by atoms with Crippen molar-refractivity contribution in [2.45, 2.75) is 51.3 Å². The third-order valence-electron chi connectivity index (χ3n) is 5.96. The normalized spacial score (nSPS) is 20.2. The largest absolute Gasteiger partial charge is 0.494 e. The van der Waals surface area contributed by atoms with Crippen LogP contribution in [0.1, 0.15) is 46.8 Å². The molecule has 1 amide bonds. The van der Waals surface area contributed by atoms with Crippen LogP contribution in [-0.2, 0) is 19.4 Å². The summed E-state index contributed by atoms with van der Waals surface area (Å²) >= 11 is 0. The predicted molar refractivity (Wildman–Crippen MR) is 113 cm³/mol. The molecule has 2 aliphatic heterocycles. The number of amides is 1. The number of carbonyl (C=O) groups excluding carboxylic acids is 1. The highest BCUT2D eigenvalue weighted by Gasteiger charge is 2.25. The molecule has 0 spiro atoms. The molecule has 5 nitrogen and oxygen atoms in total. The topological polar surface area (TPSA) is 61.8 Å². The van der Waals surface area contributed by atoms with Crippen LogP contribution in [-0.4, -0.2) is 47.8 Å². The Morgan fingerprint density at radius 3 is 2.83 bits per heavy atom. The van der Waals surface area contributed by atoms with Gasteiger partial charge in [0.1, 0.15) is 5.75 Å². The van der Waals surface area contributed by atoms with E-state index in [1.165, 1.54) is 11.1 Å². The Balaban J connectivity index is 1.33. The number of carbonyl (C=O) groups is 1. The zero-order chi connectivity index (χ0) is 20.2. The lowest BCUT2D eigenvalue weighted by atomic mass is 9.98. The molecule has 154 valence electrons. The molecule has 4 rings (SSSR count).